The lowest BCUT2D eigenvalue weighted by molar-refractivity contribution is 0.0706. The third-order valence-corrected chi connectivity index (χ3v) is 8.37. The van der Waals surface area contributed by atoms with Gasteiger partial charge in [-0.25, -0.2) is 17.8 Å². The van der Waals surface area contributed by atoms with Crippen LogP contribution in [0.3, 0.4) is 0 Å². The second-order valence-corrected chi connectivity index (χ2v) is 11.5. The van der Waals surface area contributed by atoms with E-state index < -0.39 is 21.4 Å². The summed E-state index contributed by atoms with van der Waals surface area (Å²) >= 11 is 0. The number of carbonyl (C=O) groups is 1. The largest absolute Gasteiger partial charge is 0.497 e. The highest BCUT2D eigenvalue weighted by molar-refractivity contribution is 7.90. The van der Waals surface area contributed by atoms with Crippen molar-refractivity contribution in [1.29, 1.82) is 0 Å². The molecule has 1 aliphatic heterocycles. The molecular weight excluding hydrogens is 537 g/mol. The van der Waals surface area contributed by atoms with Crippen LogP contribution in [0.2, 0.25) is 0 Å². The Morgan fingerprint density at radius 1 is 1.12 bits per heavy atom. The smallest absolute Gasteiger partial charge is 0.254 e. The van der Waals surface area contributed by atoms with Crippen LogP contribution in [-0.4, -0.2) is 48.6 Å². The lowest BCUT2D eigenvalue weighted by Crippen LogP contribution is -2.32. The van der Waals surface area contributed by atoms with Gasteiger partial charge in [-0.3, -0.25) is 4.79 Å². The van der Waals surface area contributed by atoms with Crippen LogP contribution < -0.4 is 4.74 Å². The van der Waals surface area contributed by atoms with Gasteiger partial charge in [-0.15, -0.1) is 0 Å². The van der Waals surface area contributed by atoms with Crippen LogP contribution in [0.1, 0.15) is 40.2 Å². The molecule has 1 fully saturated rings. The zero-order valence-electron chi connectivity index (χ0n) is 22.0. The van der Waals surface area contributed by atoms with E-state index in [9.17, 15) is 17.6 Å². The molecule has 1 atom stereocenters. The van der Waals surface area contributed by atoms with Crippen molar-refractivity contribution in [2.24, 2.45) is 0 Å². The van der Waals surface area contributed by atoms with Crippen molar-refractivity contribution >= 4 is 15.7 Å². The Morgan fingerprint density at radius 3 is 2.60 bits per heavy atom. The monoisotopic (exact) mass is 567 g/mol. The van der Waals surface area contributed by atoms with Crippen LogP contribution in [0.15, 0.2) is 82.7 Å². The fourth-order valence-electron chi connectivity index (χ4n) is 4.74. The summed E-state index contributed by atoms with van der Waals surface area (Å²) in [4.78, 5) is 19.5. The molecule has 0 bridgehead atoms. The standard InChI is InChI=1S/C29H30FN3O6S/c1-37-24-12-10-21(11-13-24)28(34)32(18-25-7-4-14-38-25)17-23-16-31-29(33(23)19-26-8-5-15-39-26)40(35,36)20-22-6-2-3-9-27(22)30/h2-4,6-7,9-14,16,26H,5,8,15,17-20H2,1H3/t26-/m1/s1. The molecule has 0 spiro atoms. The van der Waals surface area contributed by atoms with Gasteiger partial charge in [-0.1, -0.05) is 18.2 Å². The minimum absolute atomic E-state index is 0.0561. The van der Waals surface area contributed by atoms with Gasteiger partial charge in [0.1, 0.15) is 17.3 Å². The second kappa shape index (κ2) is 12.1. The third kappa shape index (κ3) is 6.26. The quantitative estimate of drug-likeness (QED) is 0.261. The van der Waals surface area contributed by atoms with Gasteiger partial charge in [-0.2, -0.15) is 0 Å². The first-order valence-electron chi connectivity index (χ1n) is 12.9. The van der Waals surface area contributed by atoms with E-state index in [1.54, 1.807) is 59.0 Å². The van der Waals surface area contributed by atoms with Crippen molar-refractivity contribution in [3.05, 3.63) is 102 Å². The number of imidazole rings is 1. The number of furan rings is 1. The molecule has 0 saturated carbocycles. The zero-order chi connectivity index (χ0) is 28.1. The topological polar surface area (TPSA) is 104 Å². The predicted molar refractivity (Wildman–Crippen MR) is 144 cm³/mol. The number of amides is 1. The summed E-state index contributed by atoms with van der Waals surface area (Å²) < 4.78 is 59.5. The Bertz CT molecular complexity index is 1540. The molecule has 40 heavy (non-hydrogen) atoms. The fourth-order valence-corrected chi connectivity index (χ4v) is 6.25. The van der Waals surface area contributed by atoms with E-state index in [1.165, 1.54) is 30.7 Å². The second-order valence-electron chi connectivity index (χ2n) is 9.60. The highest BCUT2D eigenvalue weighted by Gasteiger charge is 2.29. The van der Waals surface area contributed by atoms with Crippen LogP contribution in [0.5, 0.6) is 5.75 Å². The molecule has 3 heterocycles. The molecule has 2 aromatic carbocycles. The molecule has 0 radical (unpaired) electrons. The molecule has 11 heteroatoms. The van der Waals surface area contributed by atoms with Crippen molar-refractivity contribution in [3.63, 3.8) is 0 Å². The summed E-state index contributed by atoms with van der Waals surface area (Å²) in [5, 5.41) is -0.184. The number of hydrogen-bond donors (Lipinski definition) is 0. The highest BCUT2D eigenvalue weighted by Crippen LogP contribution is 2.25. The van der Waals surface area contributed by atoms with Gasteiger partial charge in [0.05, 0.1) is 56.8 Å². The van der Waals surface area contributed by atoms with Crippen LogP contribution in [-0.2, 0) is 40.0 Å². The molecule has 1 saturated heterocycles. The molecule has 4 aromatic rings. The summed E-state index contributed by atoms with van der Waals surface area (Å²) in [6.45, 7) is 1.04. The van der Waals surface area contributed by atoms with Crippen molar-refractivity contribution in [1.82, 2.24) is 14.5 Å². The van der Waals surface area contributed by atoms with Crippen molar-refractivity contribution in [3.8, 4) is 5.75 Å². The third-order valence-electron chi connectivity index (χ3n) is 6.80. The summed E-state index contributed by atoms with van der Waals surface area (Å²) in [6.07, 6.45) is 4.42. The molecule has 2 aromatic heterocycles. The van der Waals surface area contributed by atoms with Crippen molar-refractivity contribution < 1.29 is 31.5 Å². The minimum Gasteiger partial charge on any atom is -0.497 e. The number of ether oxygens (including phenoxy) is 2. The normalized spacial score (nSPS) is 15.3. The number of hydrogen-bond acceptors (Lipinski definition) is 7. The first-order valence-corrected chi connectivity index (χ1v) is 14.6. The Balaban J connectivity index is 1.49. The number of carbonyl (C=O) groups excluding carboxylic acids is 1. The summed E-state index contributed by atoms with van der Waals surface area (Å²) in [7, 11) is -2.48. The lowest BCUT2D eigenvalue weighted by Gasteiger charge is -2.24. The number of sulfone groups is 1. The van der Waals surface area contributed by atoms with Crippen molar-refractivity contribution in [2.45, 2.75) is 49.5 Å². The van der Waals surface area contributed by atoms with Gasteiger partial charge >= 0.3 is 0 Å². The average molecular weight is 568 g/mol. The first kappa shape index (κ1) is 27.6. The maximum atomic E-state index is 14.3. The molecule has 0 N–H and O–H groups in total. The number of rotatable bonds is 11. The maximum Gasteiger partial charge on any atom is 0.254 e. The molecule has 1 aliphatic rings. The van der Waals surface area contributed by atoms with Gasteiger partial charge in [-0.05, 0) is 55.3 Å². The molecule has 5 rings (SSSR count). The maximum absolute atomic E-state index is 14.3. The molecule has 0 aliphatic carbocycles. The summed E-state index contributed by atoms with van der Waals surface area (Å²) in [5.74, 6) is -0.228. The number of halogens is 1. The predicted octanol–water partition coefficient (Wildman–Crippen LogP) is 4.62. The summed E-state index contributed by atoms with van der Waals surface area (Å²) in [5.41, 5.74) is 1.01. The first-order chi connectivity index (χ1) is 19.3. The van der Waals surface area contributed by atoms with Gasteiger partial charge < -0.3 is 23.4 Å². The minimum atomic E-state index is -4.03. The van der Waals surface area contributed by atoms with E-state index in [4.69, 9.17) is 13.9 Å². The van der Waals surface area contributed by atoms with E-state index in [2.05, 4.69) is 4.98 Å². The average Bonchev–Trinajstić information content (AvgIpc) is 3.73. The van der Waals surface area contributed by atoms with Crippen molar-refractivity contribution in [2.75, 3.05) is 13.7 Å². The Kier molecular flexibility index (Phi) is 8.32. The van der Waals surface area contributed by atoms with E-state index >= 15 is 0 Å². The summed E-state index contributed by atoms with van der Waals surface area (Å²) in [6, 6.07) is 16.0. The molecule has 0 unspecified atom stereocenters. The van der Waals surface area contributed by atoms with E-state index in [1.807, 2.05) is 0 Å². The molecule has 210 valence electrons. The zero-order valence-corrected chi connectivity index (χ0v) is 22.8. The SMILES string of the molecule is COc1ccc(C(=O)N(Cc2ccco2)Cc2cnc(S(=O)(=O)Cc3ccccc3F)n2C[C@H]2CCCO2)cc1. The lowest BCUT2D eigenvalue weighted by atomic mass is 10.1. The van der Waals surface area contributed by atoms with Crippen LogP contribution in [0, 0.1) is 5.82 Å². The molecule has 1 amide bonds. The highest BCUT2D eigenvalue weighted by atomic mass is 32.2. The number of methoxy groups -OCH3 is 1. The number of benzene rings is 2. The number of aromatic nitrogens is 2. The van der Waals surface area contributed by atoms with E-state index in [0.717, 1.165) is 12.8 Å². The van der Waals surface area contributed by atoms with Gasteiger partial charge in [0, 0.05) is 17.7 Å². The van der Waals surface area contributed by atoms with E-state index in [-0.39, 0.29) is 42.4 Å². The Labute approximate surface area is 232 Å². The van der Waals surface area contributed by atoms with E-state index in [0.29, 0.717) is 29.4 Å². The number of nitrogens with zero attached hydrogens (tertiary/aromatic N) is 3. The van der Waals surface area contributed by atoms with Gasteiger partial charge in [0.15, 0.2) is 0 Å². The fraction of sp³-hybridized carbons (Fsp3) is 0.310. The van der Waals surface area contributed by atoms with Gasteiger partial charge in [0.2, 0.25) is 15.0 Å². The van der Waals surface area contributed by atoms with Crippen LogP contribution in [0.25, 0.3) is 0 Å². The Hall–Kier alpha value is -3.96. The van der Waals surface area contributed by atoms with Crippen LogP contribution in [0.4, 0.5) is 4.39 Å². The Morgan fingerprint density at radius 2 is 1.93 bits per heavy atom. The van der Waals surface area contributed by atoms with Crippen LogP contribution >= 0.6 is 0 Å². The van der Waals surface area contributed by atoms with Gasteiger partial charge in [0.25, 0.3) is 5.91 Å². The molecular formula is C29H30FN3O6S. The molecule has 9 nitrogen and oxygen atoms in total.